The summed E-state index contributed by atoms with van der Waals surface area (Å²) in [5.74, 6) is -1.20. The number of alkyl halides is 1. The second-order valence-corrected chi connectivity index (χ2v) is 10.8. The van der Waals surface area contributed by atoms with Crippen LogP contribution in [0, 0.1) is 11.6 Å². The minimum Gasteiger partial charge on any atom is -0.393 e. The first kappa shape index (κ1) is 28.8. The molecule has 0 aliphatic carbocycles. The first-order chi connectivity index (χ1) is 19.9. The van der Waals surface area contributed by atoms with Gasteiger partial charge in [-0.05, 0) is 54.7 Å². The summed E-state index contributed by atoms with van der Waals surface area (Å²) in [5.41, 5.74) is 0.746. The van der Waals surface area contributed by atoms with Crippen LogP contribution in [0.1, 0.15) is 36.0 Å². The number of urea groups is 1. The van der Waals surface area contributed by atoms with Gasteiger partial charge in [-0.15, -0.1) is 0 Å². The molecule has 0 saturated carbocycles. The molecule has 2 amide bonds. The topological polar surface area (TPSA) is 72.8 Å². The normalized spacial score (nSPS) is 23.2. The van der Waals surface area contributed by atoms with Crippen molar-refractivity contribution in [1.29, 1.82) is 0 Å². The molecule has 1 fully saturated rings. The zero-order chi connectivity index (χ0) is 29.0. The molecule has 7 nitrogen and oxygen atoms in total. The maximum absolute atomic E-state index is 14.8. The van der Waals surface area contributed by atoms with Crippen LogP contribution in [-0.4, -0.2) is 81.3 Å². The Bertz CT molecular complexity index is 1380. The van der Waals surface area contributed by atoms with Gasteiger partial charge in [0, 0.05) is 62.3 Å². The minimum atomic E-state index is -1.27. The zero-order valence-corrected chi connectivity index (χ0v) is 23.0. The molecule has 1 aromatic heterocycles. The molecule has 216 valence electrons. The number of hydrogen-bond acceptors (Lipinski definition) is 5. The van der Waals surface area contributed by atoms with Crippen LogP contribution in [0.2, 0.25) is 0 Å². The van der Waals surface area contributed by atoms with Crippen molar-refractivity contribution in [1.82, 2.24) is 24.7 Å². The van der Waals surface area contributed by atoms with Crippen molar-refractivity contribution in [3.05, 3.63) is 102 Å². The molecular formula is C31H34F3N5O2. The quantitative estimate of drug-likeness (QED) is 0.446. The molecule has 10 heteroatoms. The summed E-state index contributed by atoms with van der Waals surface area (Å²) in [6.07, 6.45) is 8.35. The maximum Gasteiger partial charge on any atom is 0.321 e. The lowest BCUT2D eigenvalue weighted by atomic mass is 9.89. The number of halogens is 3. The Hall–Kier alpha value is -3.76. The number of amides is 2. The Morgan fingerprint density at radius 2 is 1.85 bits per heavy atom. The van der Waals surface area contributed by atoms with E-state index < -0.39 is 30.5 Å². The number of rotatable bonds is 7. The van der Waals surface area contributed by atoms with Crippen LogP contribution >= 0.6 is 0 Å². The highest BCUT2D eigenvalue weighted by Gasteiger charge is 2.46. The average Bonchev–Trinajstić information content (AvgIpc) is 3.29. The number of carbonyl (C=O) groups is 1. The molecule has 0 radical (unpaired) electrons. The lowest BCUT2D eigenvalue weighted by Crippen LogP contribution is -2.54. The number of benzene rings is 2. The minimum absolute atomic E-state index is 0.0149. The first-order valence-corrected chi connectivity index (χ1v) is 13.8. The fraction of sp³-hybridized carbons (Fsp3) is 0.387. The largest absolute Gasteiger partial charge is 0.393 e. The van der Waals surface area contributed by atoms with E-state index in [0.29, 0.717) is 43.5 Å². The second-order valence-electron chi connectivity index (χ2n) is 10.8. The van der Waals surface area contributed by atoms with E-state index in [4.69, 9.17) is 0 Å². The number of carbonyl (C=O) groups excluding carboxylic acids is 1. The smallest absolute Gasteiger partial charge is 0.321 e. The third kappa shape index (κ3) is 5.85. The number of hydrogen-bond donors (Lipinski definition) is 1. The molecule has 41 heavy (non-hydrogen) atoms. The summed E-state index contributed by atoms with van der Waals surface area (Å²) >= 11 is 0. The molecule has 1 N–H and O–H groups in total. The Kier molecular flexibility index (Phi) is 8.70. The SMILES string of the molecule is CN(C(=O)N1CC(c2cc(F)ccc2F)=C[C@@]1(CO)c1ccccc1)C1CCC(CF)N(Cc2cncnc2)CC1. The van der Waals surface area contributed by atoms with E-state index in [1.807, 2.05) is 18.2 Å². The van der Waals surface area contributed by atoms with Crippen molar-refractivity contribution >= 4 is 11.6 Å². The molecule has 0 bridgehead atoms. The van der Waals surface area contributed by atoms with E-state index in [9.17, 15) is 23.1 Å². The van der Waals surface area contributed by atoms with Crippen LogP contribution in [0.15, 0.2) is 73.3 Å². The van der Waals surface area contributed by atoms with Gasteiger partial charge in [-0.1, -0.05) is 30.3 Å². The van der Waals surface area contributed by atoms with E-state index in [2.05, 4.69) is 14.9 Å². The predicted octanol–water partition coefficient (Wildman–Crippen LogP) is 4.79. The lowest BCUT2D eigenvalue weighted by Gasteiger charge is -2.41. The second kappa shape index (κ2) is 12.4. The highest BCUT2D eigenvalue weighted by molar-refractivity contribution is 5.83. The van der Waals surface area contributed by atoms with Gasteiger partial charge in [0.05, 0.1) is 6.61 Å². The molecule has 5 rings (SSSR count). The van der Waals surface area contributed by atoms with Gasteiger partial charge in [0.25, 0.3) is 0 Å². The van der Waals surface area contributed by atoms with E-state index in [-0.39, 0.29) is 30.2 Å². The van der Waals surface area contributed by atoms with Gasteiger partial charge in [-0.25, -0.2) is 27.9 Å². The van der Waals surface area contributed by atoms with Crippen LogP contribution in [0.3, 0.4) is 0 Å². The highest BCUT2D eigenvalue weighted by Crippen LogP contribution is 2.41. The van der Waals surface area contributed by atoms with Crippen LogP contribution in [0.5, 0.6) is 0 Å². The molecule has 2 unspecified atom stereocenters. The molecule has 2 aliphatic heterocycles. The van der Waals surface area contributed by atoms with Gasteiger partial charge in [0.2, 0.25) is 0 Å². The summed E-state index contributed by atoms with van der Waals surface area (Å²) in [7, 11) is 1.71. The van der Waals surface area contributed by atoms with E-state index >= 15 is 0 Å². The number of aliphatic hydroxyl groups is 1. The fourth-order valence-corrected chi connectivity index (χ4v) is 6.03. The Balaban J connectivity index is 1.41. The predicted molar refractivity (Wildman–Crippen MR) is 149 cm³/mol. The van der Waals surface area contributed by atoms with Crippen molar-refractivity contribution in [3.8, 4) is 0 Å². The Morgan fingerprint density at radius 1 is 1.10 bits per heavy atom. The number of aliphatic hydroxyl groups excluding tert-OH is 1. The molecule has 0 spiro atoms. The third-order valence-electron chi connectivity index (χ3n) is 8.37. The van der Waals surface area contributed by atoms with Gasteiger partial charge in [-0.2, -0.15) is 0 Å². The number of nitrogens with zero attached hydrogens (tertiary/aromatic N) is 5. The monoisotopic (exact) mass is 565 g/mol. The van der Waals surface area contributed by atoms with Gasteiger partial charge >= 0.3 is 6.03 Å². The maximum atomic E-state index is 14.8. The van der Waals surface area contributed by atoms with Crippen LogP contribution in [0.25, 0.3) is 5.57 Å². The van der Waals surface area contributed by atoms with Gasteiger partial charge in [-0.3, -0.25) is 4.90 Å². The summed E-state index contributed by atoms with van der Waals surface area (Å²) in [5, 5.41) is 10.8. The molecular weight excluding hydrogens is 531 g/mol. The Labute approximate surface area is 237 Å². The van der Waals surface area contributed by atoms with Crippen molar-refractivity contribution in [2.24, 2.45) is 0 Å². The first-order valence-electron chi connectivity index (χ1n) is 13.8. The van der Waals surface area contributed by atoms with Crippen LogP contribution in [0.4, 0.5) is 18.0 Å². The summed E-state index contributed by atoms with van der Waals surface area (Å²) in [4.78, 5) is 27.6. The third-order valence-corrected chi connectivity index (χ3v) is 8.37. The fourth-order valence-electron chi connectivity index (χ4n) is 6.03. The molecule has 3 heterocycles. The van der Waals surface area contributed by atoms with E-state index in [1.165, 1.54) is 11.2 Å². The van der Waals surface area contributed by atoms with E-state index in [0.717, 1.165) is 23.8 Å². The summed E-state index contributed by atoms with van der Waals surface area (Å²) in [6, 6.07) is 11.5. The summed E-state index contributed by atoms with van der Waals surface area (Å²) < 4.78 is 43.1. The van der Waals surface area contributed by atoms with Crippen molar-refractivity contribution in [2.75, 3.05) is 33.4 Å². The molecule has 2 aromatic carbocycles. The highest BCUT2D eigenvalue weighted by atomic mass is 19.1. The van der Waals surface area contributed by atoms with Gasteiger partial charge in [0.15, 0.2) is 0 Å². The van der Waals surface area contributed by atoms with E-state index in [1.54, 1.807) is 42.6 Å². The zero-order valence-electron chi connectivity index (χ0n) is 23.0. The van der Waals surface area contributed by atoms with Gasteiger partial charge in [0.1, 0.15) is 30.2 Å². The van der Waals surface area contributed by atoms with Crippen LogP contribution in [-0.2, 0) is 12.1 Å². The average molecular weight is 566 g/mol. The molecule has 3 aromatic rings. The number of likely N-dealkylation sites (tertiary alicyclic amines) is 1. The summed E-state index contributed by atoms with van der Waals surface area (Å²) in [6.45, 7) is 0.128. The molecule has 2 aliphatic rings. The Morgan fingerprint density at radius 3 is 2.56 bits per heavy atom. The van der Waals surface area contributed by atoms with Crippen LogP contribution < -0.4 is 0 Å². The van der Waals surface area contributed by atoms with Crippen molar-refractivity contribution in [3.63, 3.8) is 0 Å². The van der Waals surface area contributed by atoms with Gasteiger partial charge < -0.3 is 14.9 Å². The van der Waals surface area contributed by atoms with Crippen molar-refractivity contribution < 1.29 is 23.1 Å². The molecule has 1 saturated heterocycles. The standard InChI is InChI=1S/C31H34F3N5O2/c1-37(26-8-9-27(15-32)38(12-11-26)18-22-16-35-21-36-17-22)30(41)39-19-23(28-13-25(33)7-10-29(28)34)14-31(39,20-40)24-5-3-2-4-6-24/h2-7,10,13-14,16-17,21,26-27,40H,8-9,11-12,15,18-20H2,1H3/t26?,27?,31-/m1/s1. The molecule has 3 atom stereocenters. The lowest BCUT2D eigenvalue weighted by molar-refractivity contribution is 0.0776. The number of aromatic nitrogens is 2. The van der Waals surface area contributed by atoms with Crippen molar-refractivity contribution in [2.45, 2.75) is 43.4 Å².